The van der Waals surface area contributed by atoms with Crippen molar-refractivity contribution in [2.75, 3.05) is 13.2 Å². The molecule has 0 unspecified atom stereocenters. The first-order valence-corrected chi connectivity index (χ1v) is 10.1. The van der Waals surface area contributed by atoms with Crippen LogP contribution in [0.1, 0.15) is 110 Å². The van der Waals surface area contributed by atoms with Crippen LogP contribution in [0.15, 0.2) is 0 Å². The van der Waals surface area contributed by atoms with Crippen LogP contribution in [0.5, 0.6) is 0 Å². The first kappa shape index (κ1) is 20.0. The van der Waals surface area contributed by atoms with Crippen LogP contribution in [0, 0.1) is 0 Å². The van der Waals surface area contributed by atoms with Crippen LogP contribution in [0.4, 0.5) is 0 Å². The predicted molar refractivity (Wildman–Crippen MR) is 95.2 cm³/mol. The SMILES string of the molecule is CCCCOC1(OCCCC)CCCCCCCCCCC1. The van der Waals surface area contributed by atoms with Crippen molar-refractivity contribution in [3.05, 3.63) is 0 Å². The lowest BCUT2D eigenvalue weighted by atomic mass is 9.96. The molecule has 0 N–H and O–H groups in total. The van der Waals surface area contributed by atoms with Crippen molar-refractivity contribution in [1.82, 2.24) is 0 Å². The molecule has 1 saturated carbocycles. The van der Waals surface area contributed by atoms with Crippen LogP contribution in [0.2, 0.25) is 0 Å². The molecule has 0 atom stereocenters. The summed E-state index contributed by atoms with van der Waals surface area (Å²) in [6.07, 6.45) is 19.2. The smallest absolute Gasteiger partial charge is 0.168 e. The number of hydrogen-bond acceptors (Lipinski definition) is 2. The molecule has 1 rings (SSSR count). The first-order chi connectivity index (χ1) is 10.8. The summed E-state index contributed by atoms with van der Waals surface area (Å²) in [7, 11) is 0. The molecule has 1 aliphatic carbocycles. The third kappa shape index (κ3) is 9.15. The Morgan fingerprint density at radius 2 is 0.955 bits per heavy atom. The van der Waals surface area contributed by atoms with Crippen LogP contribution >= 0.6 is 0 Å². The number of rotatable bonds is 8. The lowest BCUT2D eigenvalue weighted by Gasteiger charge is -2.35. The van der Waals surface area contributed by atoms with Gasteiger partial charge in [0.1, 0.15) is 0 Å². The second-order valence-corrected chi connectivity index (χ2v) is 7.00. The Hall–Kier alpha value is -0.0800. The maximum absolute atomic E-state index is 6.34. The molecule has 0 spiro atoms. The van der Waals surface area contributed by atoms with Gasteiger partial charge in [-0.05, 0) is 25.7 Å². The molecule has 0 heterocycles. The maximum atomic E-state index is 6.34. The van der Waals surface area contributed by atoms with E-state index in [-0.39, 0.29) is 5.79 Å². The molecule has 0 saturated heterocycles. The molecule has 0 bridgehead atoms. The van der Waals surface area contributed by atoms with E-state index in [0.717, 1.165) is 38.9 Å². The molecule has 0 aliphatic heterocycles. The molecule has 22 heavy (non-hydrogen) atoms. The summed E-state index contributed by atoms with van der Waals surface area (Å²) in [5.41, 5.74) is 0. The van der Waals surface area contributed by atoms with E-state index in [1.807, 2.05) is 0 Å². The summed E-state index contributed by atoms with van der Waals surface area (Å²) < 4.78 is 12.7. The van der Waals surface area contributed by atoms with E-state index in [2.05, 4.69) is 13.8 Å². The average Bonchev–Trinajstić information content (AvgIpc) is 2.51. The fraction of sp³-hybridized carbons (Fsp3) is 1.00. The van der Waals surface area contributed by atoms with Crippen LogP contribution < -0.4 is 0 Å². The Morgan fingerprint density at radius 1 is 0.591 bits per heavy atom. The van der Waals surface area contributed by atoms with E-state index in [4.69, 9.17) is 9.47 Å². The van der Waals surface area contributed by atoms with Crippen molar-refractivity contribution in [3.63, 3.8) is 0 Å². The Morgan fingerprint density at radius 3 is 1.32 bits per heavy atom. The van der Waals surface area contributed by atoms with Gasteiger partial charge >= 0.3 is 0 Å². The molecule has 0 aromatic carbocycles. The van der Waals surface area contributed by atoms with Gasteiger partial charge in [0.15, 0.2) is 5.79 Å². The van der Waals surface area contributed by atoms with E-state index in [9.17, 15) is 0 Å². The largest absolute Gasteiger partial charge is 0.350 e. The van der Waals surface area contributed by atoms with Gasteiger partial charge < -0.3 is 9.47 Å². The zero-order valence-corrected chi connectivity index (χ0v) is 15.3. The zero-order chi connectivity index (χ0) is 15.9. The van der Waals surface area contributed by atoms with Crippen molar-refractivity contribution in [3.8, 4) is 0 Å². The van der Waals surface area contributed by atoms with Crippen molar-refractivity contribution < 1.29 is 9.47 Å². The molecule has 1 fully saturated rings. The summed E-state index contributed by atoms with van der Waals surface area (Å²) in [6, 6.07) is 0. The van der Waals surface area contributed by atoms with Gasteiger partial charge in [-0.3, -0.25) is 0 Å². The Labute approximate surface area is 139 Å². The monoisotopic (exact) mass is 312 g/mol. The molecule has 0 radical (unpaired) electrons. The fourth-order valence-electron chi connectivity index (χ4n) is 3.29. The van der Waals surface area contributed by atoms with E-state index in [1.165, 1.54) is 70.6 Å². The van der Waals surface area contributed by atoms with Crippen LogP contribution in [0.3, 0.4) is 0 Å². The lowest BCUT2D eigenvalue weighted by Crippen LogP contribution is -2.37. The Kier molecular flexibility index (Phi) is 12.1. The highest BCUT2D eigenvalue weighted by atomic mass is 16.7. The molecule has 2 heteroatoms. The number of hydrogen-bond donors (Lipinski definition) is 0. The molecular formula is C20H40O2. The average molecular weight is 313 g/mol. The van der Waals surface area contributed by atoms with Gasteiger partial charge in [-0.1, -0.05) is 71.6 Å². The molecule has 0 aromatic rings. The normalized spacial score (nSPS) is 21.0. The highest BCUT2D eigenvalue weighted by Crippen LogP contribution is 2.30. The number of unbranched alkanes of at least 4 members (excludes halogenated alkanes) is 2. The van der Waals surface area contributed by atoms with Crippen LogP contribution in [0.25, 0.3) is 0 Å². The zero-order valence-electron chi connectivity index (χ0n) is 15.3. The molecule has 132 valence electrons. The van der Waals surface area contributed by atoms with Gasteiger partial charge in [0.05, 0.1) is 13.2 Å². The summed E-state index contributed by atoms with van der Waals surface area (Å²) in [5, 5.41) is 0. The van der Waals surface area contributed by atoms with Gasteiger partial charge in [-0.2, -0.15) is 0 Å². The lowest BCUT2D eigenvalue weighted by molar-refractivity contribution is -0.247. The van der Waals surface area contributed by atoms with E-state index < -0.39 is 0 Å². The van der Waals surface area contributed by atoms with Crippen molar-refractivity contribution >= 4 is 0 Å². The summed E-state index contributed by atoms with van der Waals surface area (Å²) in [4.78, 5) is 0. The predicted octanol–water partition coefficient (Wildman–Crippen LogP) is 6.62. The standard InChI is InChI=1S/C20H40O2/c1-3-5-18-21-20(22-19-6-4-2)16-14-12-10-8-7-9-11-13-15-17-20/h3-19H2,1-2H3. The van der Waals surface area contributed by atoms with E-state index in [1.54, 1.807) is 0 Å². The first-order valence-electron chi connectivity index (χ1n) is 10.1. The summed E-state index contributed by atoms with van der Waals surface area (Å²) in [5.74, 6) is -0.274. The van der Waals surface area contributed by atoms with Gasteiger partial charge in [-0.15, -0.1) is 0 Å². The highest BCUT2D eigenvalue weighted by molar-refractivity contribution is 4.72. The minimum atomic E-state index is -0.274. The summed E-state index contributed by atoms with van der Waals surface area (Å²) in [6.45, 7) is 6.19. The molecule has 1 aliphatic rings. The van der Waals surface area contributed by atoms with Gasteiger partial charge in [0, 0.05) is 12.8 Å². The third-order valence-corrected chi connectivity index (χ3v) is 4.84. The van der Waals surface area contributed by atoms with E-state index >= 15 is 0 Å². The fourth-order valence-corrected chi connectivity index (χ4v) is 3.29. The van der Waals surface area contributed by atoms with Crippen molar-refractivity contribution in [2.45, 2.75) is 116 Å². The van der Waals surface area contributed by atoms with E-state index in [0.29, 0.717) is 0 Å². The van der Waals surface area contributed by atoms with Gasteiger partial charge in [-0.25, -0.2) is 0 Å². The maximum Gasteiger partial charge on any atom is 0.168 e. The van der Waals surface area contributed by atoms with Crippen molar-refractivity contribution in [1.29, 1.82) is 0 Å². The molecule has 0 amide bonds. The van der Waals surface area contributed by atoms with Crippen LogP contribution in [-0.2, 0) is 9.47 Å². The number of ether oxygens (including phenoxy) is 2. The minimum Gasteiger partial charge on any atom is -0.350 e. The molecule has 0 aromatic heterocycles. The minimum absolute atomic E-state index is 0.274. The van der Waals surface area contributed by atoms with Gasteiger partial charge in [0.25, 0.3) is 0 Å². The topological polar surface area (TPSA) is 18.5 Å². The third-order valence-electron chi connectivity index (χ3n) is 4.84. The highest BCUT2D eigenvalue weighted by Gasteiger charge is 2.31. The van der Waals surface area contributed by atoms with Crippen LogP contribution in [-0.4, -0.2) is 19.0 Å². The molecular weight excluding hydrogens is 272 g/mol. The van der Waals surface area contributed by atoms with Gasteiger partial charge in [0.2, 0.25) is 0 Å². The Balaban J connectivity index is 2.56. The quantitative estimate of drug-likeness (QED) is 0.370. The van der Waals surface area contributed by atoms with Crippen molar-refractivity contribution in [2.24, 2.45) is 0 Å². The summed E-state index contributed by atoms with van der Waals surface area (Å²) >= 11 is 0. The second-order valence-electron chi connectivity index (χ2n) is 7.00. The second kappa shape index (κ2) is 13.4. The molecule has 2 nitrogen and oxygen atoms in total. The Bertz CT molecular complexity index is 216.